The van der Waals surface area contributed by atoms with Crippen LogP contribution in [0, 0.1) is 5.82 Å². The van der Waals surface area contributed by atoms with Crippen LogP contribution in [0.1, 0.15) is 17.6 Å². The molecule has 0 N–H and O–H groups in total. The summed E-state index contributed by atoms with van der Waals surface area (Å²) in [6.45, 7) is 1.83. The molecule has 6 heteroatoms. The minimum absolute atomic E-state index is 0.00835. The van der Waals surface area contributed by atoms with E-state index in [0.29, 0.717) is 11.5 Å². The van der Waals surface area contributed by atoms with Gasteiger partial charge in [-0.25, -0.2) is 9.37 Å². The van der Waals surface area contributed by atoms with Gasteiger partial charge in [0.25, 0.3) is 5.56 Å². The lowest BCUT2D eigenvalue weighted by Crippen LogP contribution is -2.24. The van der Waals surface area contributed by atoms with E-state index in [9.17, 15) is 9.18 Å². The Kier molecular flexibility index (Phi) is 4.02. The van der Waals surface area contributed by atoms with Crippen molar-refractivity contribution in [1.82, 2.24) is 9.55 Å². The van der Waals surface area contributed by atoms with Crippen molar-refractivity contribution in [3.8, 4) is 5.69 Å². The molecule has 1 aromatic heterocycles. The fourth-order valence-corrected chi connectivity index (χ4v) is 2.87. The third-order valence-corrected chi connectivity index (χ3v) is 4.04. The van der Waals surface area contributed by atoms with Crippen molar-refractivity contribution in [2.45, 2.75) is 11.8 Å². The Bertz CT molecular complexity index is 909. The zero-order valence-corrected chi connectivity index (χ0v) is 13.9. The van der Waals surface area contributed by atoms with E-state index in [4.69, 9.17) is 11.6 Å². The summed E-state index contributed by atoms with van der Waals surface area (Å²) in [6.07, 6.45) is 0. The molecular formula is C16H11BrClFN2O. The van der Waals surface area contributed by atoms with Crippen LogP contribution in [0.3, 0.4) is 0 Å². The molecule has 112 valence electrons. The molecule has 0 aliphatic heterocycles. The average molecular weight is 382 g/mol. The van der Waals surface area contributed by atoms with Gasteiger partial charge in [0.15, 0.2) is 0 Å². The molecule has 0 amide bonds. The van der Waals surface area contributed by atoms with Gasteiger partial charge in [0.1, 0.15) is 17.2 Å². The van der Waals surface area contributed by atoms with Crippen LogP contribution in [-0.2, 0) is 0 Å². The summed E-state index contributed by atoms with van der Waals surface area (Å²) in [5.74, 6) is -0.143. The Morgan fingerprint density at radius 2 is 1.91 bits per heavy atom. The minimum Gasteiger partial charge on any atom is -0.268 e. The van der Waals surface area contributed by atoms with Crippen LogP contribution in [0.2, 0.25) is 5.02 Å². The third kappa shape index (κ3) is 2.44. The van der Waals surface area contributed by atoms with Gasteiger partial charge in [-0.1, -0.05) is 45.7 Å². The second kappa shape index (κ2) is 5.82. The van der Waals surface area contributed by atoms with Crippen molar-refractivity contribution in [1.29, 1.82) is 0 Å². The number of alkyl halides is 1. The maximum absolute atomic E-state index is 14.0. The number of rotatable bonds is 2. The number of hydrogen-bond donors (Lipinski definition) is 0. The number of aromatic nitrogens is 2. The van der Waals surface area contributed by atoms with Crippen LogP contribution in [0.15, 0.2) is 47.3 Å². The summed E-state index contributed by atoms with van der Waals surface area (Å²) in [7, 11) is 0. The lowest BCUT2D eigenvalue weighted by molar-refractivity contribution is 0.634. The minimum atomic E-state index is -0.564. The van der Waals surface area contributed by atoms with E-state index in [1.165, 1.54) is 16.7 Å². The highest BCUT2D eigenvalue weighted by atomic mass is 79.9. The molecule has 1 unspecified atom stereocenters. The van der Waals surface area contributed by atoms with Gasteiger partial charge in [-0.05, 0) is 31.2 Å². The summed E-state index contributed by atoms with van der Waals surface area (Å²) in [4.78, 5) is 17.0. The summed E-state index contributed by atoms with van der Waals surface area (Å²) >= 11 is 9.51. The van der Waals surface area contributed by atoms with Crippen molar-refractivity contribution < 1.29 is 4.39 Å². The van der Waals surface area contributed by atoms with Gasteiger partial charge in [-0.15, -0.1) is 0 Å². The third-order valence-electron chi connectivity index (χ3n) is 3.32. The molecule has 0 aliphatic carbocycles. The zero-order chi connectivity index (χ0) is 15.9. The van der Waals surface area contributed by atoms with E-state index in [0.717, 1.165) is 0 Å². The Morgan fingerprint density at radius 3 is 2.55 bits per heavy atom. The molecule has 0 radical (unpaired) electrons. The summed E-state index contributed by atoms with van der Waals surface area (Å²) in [5.41, 5.74) is 0.261. The molecule has 22 heavy (non-hydrogen) atoms. The van der Waals surface area contributed by atoms with Gasteiger partial charge >= 0.3 is 0 Å². The first kappa shape index (κ1) is 15.2. The van der Waals surface area contributed by atoms with Gasteiger partial charge < -0.3 is 0 Å². The van der Waals surface area contributed by atoms with Crippen molar-refractivity contribution in [3.63, 3.8) is 0 Å². The Hall–Kier alpha value is -1.72. The number of nitrogens with zero attached hydrogens (tertiary/aromatic N) is 2. The topological polar surface area (TPSA) is 34.9 Å². The number of hydrogen-bond acceptors (Lipinski definition) is 2. The Morgan fingerprint density at radius 1 is 1.23 bits per heavy atom. The maximum Gasteiger partial charge on any atom is 0.267 e. The van der Waals surface area contributed by atoms with Gasteiger partial charge in [0.2, 0.25) is 0 Å². The lowest BCUT2D eigenvalue weighted by atomic mass is 10.2. The first-order chi connectivity index (χ1) is 10.5. The fraction of sp³-hybridized carbons (Fsp3) is 0.125. The van der Waals surface area contributed by atoms with E-state index in [2.05, 4.69) is 20.9 Å². The van der Waals surface area contributed by atoms with Crippen LogP contribution in [0.4, 0.5) is 4.39 Å². The van der Waals surface area contributed by atoms with Crippen LogP contribution >= 0.6 is 27.5 Å². The number of halogens is 3. The van der Waals surface area contributed by atoms with E-state index >= 15 is 0 Å². The highest BCUT2D eigenvalue weighted by Crippen LogP contribution is 2.27. The van der Waals surface area contributed by atoms with Crippen LogP contribution in [0.25, 0.3) is 16.6 Å². The lowest BCUT2D eigenvalue weighted by Gasteiger charge is -2.15. The van der Waals surface area contributed by atoms with Crippen molar-refractivity contribution >= 4 is 38.4 Å². The quantitative estimate of drug-likeness (QED) is 0.606. The van der Waals surface area contributed by atoms with E-state index in [1.807, 2.05) is 25.1 Å². The van der Waals surface area contributed by atoms with Crippen LogP contribution in [0.5, 0.6) is 0 Å². The highest BCUT2D eigenvalue weighted by molar-refractivity contribution is 9.09. The molecule has 1 heterocycles. The molecule has 0 saturated heterocycles. The van der Waals surface area contributed by atoms with Crippen molar-refractivity contribution in [3.05, 3.63) is 69.5 Å². The van der Waals surface area contributed by atoms with Gasteiger partial charge in [0.05, 0.1) is 20.9 Å². The van der Waals surface area contributed by atoms with Gasteiger partial charge in [-0.2, -0.15) is 0 Å². The first-order valence-electron chi connectivity index (χ1n) is 6.61. The zero-order valence-electron chi connectivity index (χ0n) is 11.6. The summed E-state index contributed by atoms with van der Waals surface area (Å²) < 4.78 is 15.5. The first-order valence-corrected chi connectivity index (χ1v) is 7.90. The number of fused-ring (bicyclic) bond motifs is 1. The standard InChI is InChI=1S/C16H11BrClFN2O/c1-9(17)15-20-14-12(19)8-7-11(18)13(14)16(22)21(15)10-5-3-2-4-6-10/h2-9H,1H3. The van der Waals surface area contributed by atoms with Crippen molar-refractivity contribution in [2.75, 3.05) is 0 Å². The van der Waals surface area contributed by atoms with Gasteiger partial charge in [0, 0.05) is 0 Å². The molecule has 3 aromatic rings. The second-order valence-electron chi connectivity index (χ2n) is 4.81. The highest BCUT2D eigenvalue weighted by Gasteiger charge is 2.19. The fourth-order valence-electron chi connectivity index (χ4n) is 2.33. The molecule has 0 saturated carbocycles. The van der Waals surface area contributed by atoms with Crippen molar-refractivity contribution in [2.24, 2.45) is 0 Å². The molecule has 0 aliphatic rings. The molecule has 3 rings (SSSR count). The number of benzene rings is 2. The van der Waals surface area contributed by atoms with E-state index in [-0.39, 0.29) is 26.3 Å². The van der Waals surface area contributed by atoms with Crippen LogP contribution < -0.4 is 5.56 Å². The molecule has 1 atom stereocenters. The summed E-state index contributed by atoms with van der Waals surface area (Å²) in [5, 5.41) is 0.273. The largest absolute Gasteiger partial charge is 0.268 e. The molecule has 0 bridgehead atoms. The van der Waals surface area contributed by atoms with E-state index < -0.39 is 5.82 Å². The van der Waals surface area contributed by atoms with Gasteiger partial charge in [-0.3, -0.25) is 9.36 Å². The predicted molar refractivity (Wildman–Crippen MR) is 89.6 cm³/mol. The van der Waals surface area contributed by atoms with E-state index in [1.54, 1.807) is 12.1 Å². The normalized spacial score (nSPS) is 12.5. The monoisotopic (exact) mass is 380 g/mol. The Labute approximate surface area is 139 Å². The molecule has 3 nitrogen and oxygen atoms in total. The average Bonchev–Trinajstić information content (AvgIpc) is 2.51. The number of para-hydroxylation sites is 1. The van der Waals surface area contributed by atoms with Crippen LogP contribution in [-0.4, -0.2) is 9.55 Å². The molecular weight excluding hydrogens is 371 g/mol. The molecule has 0 fully saturated rings. The smallest absolute Gasteiger partial charge is 0.267 e. The second-order valence-corrected chi connectivity index (χ2v) is 6.60. The molecule has 0 spiro atoms. The molecule has 2 aromatic carbocycles. The predicted octanol–water partition coefficient (Wildman–Crippen LogP) is 4.63. The maximum atomic E-state index is 14.0. The summed E-state index contributed by atoms with van der Waals surface area (Å²) in [6, 6.07) is 11.7. The Balaban J connectivity index is 2.51. The SMILES string of the molecule is CC(Br)c1nc2c(F)ccc(Cl)c2c(=O)n1-c1ccccc1.